The summed E-state index contributed by atoms with van der Waals surface area (Å²) in [5.74, 6) is 0.114. The van der Waals surface area contributed by atoms with Crippen LogP contribution in [-0.2, 0) is 9.53 Å². The molecular weight excluding hydrogens is 362 g/mol. The van der Waals surface area contributed by atoms with Gasteiger partial charge in [-0.1, -0.05) is 30.3 Å². The van der Waals surface area contributed by atoms with Gasteiger partial charge in [0.1, 0.15) is 0 Å². The number of nitrogens with one attached hydrogen (secondary N) is 2. The molecule has 0 radical (unpaired) electrons. The van der Waals surface area contributed by atoms with Crippen LogP contribution in [0.25, 0.3) is 22.2 Å². The van der Waals surface area contributed by atoms with Gasteiger partial charge in [0.2, 0.25) is 5.91 Å². The summed E-state index contributed by atoms with van der Waals surface area (Å²) in [5.41, 5.74) is 4.11. The first kappa shape index (κ1) is 18.4. The van der Waals surface area contributed by atoms with Gasteiger partial charge in [0.05, 0.1) is 6.04 Å². The third-order valence-electron chi connectivity index (χ3n) is 6.23. The Balaban J connectivity index is 1.32. The predicted octanol–water partition coefficient (Wildman–Crippen LogP) is 4.42. The molecule has 3 heterocycles. The Morgan fingerprint density at radius 3 is 2.76 bits per heavy atom. The van der Waals surface area contributed by atoms with Crippen molar-refractivity contribution in [1.29, 1.82) is 0 Å². The minimum absolute atomic E-state index is 0.0326. The summed E-state index contributed by atoms with van der Waals surface area (Å²) in [4.78, 5) is 18.9. The van der Waals surface area contributed by atoms with Crippen LogP contribution in [0.4, 0.5) is 5.69 Å². The third-order valence-corrected chi connectivity index (χ3v) is 6.23. The lowest BCUT2D eigenvalue weighted by Gasteiger charge is -2.34. The Morgan fingerprint density at radius 2 is 1.90 bits per heavy atom. The number of para-hydroxylation sites is 1. The standard InChI is InChI=1S/C24H27N3O2/c28-24(23-9-4-12-27(23)20-10-13-29-14-11-20)25-19-7-3-6-17(15-19)22-16-18-5-1-2-8-21(18)26-22/h1-3,5-8,15-16,20,23,26H,4,9-14H2,(H,25,28)/t23-/m1/s1. The molecule has 2 aliphatic heterocycles. The summed E-state index contributed by atoms with van der Waals surface area (Å²) in [6.07, 6.45) is 4.08. The van der Waals surface area contributed by atoms with Crippen LogP contribution in [0, 0.1) is 0 Å². The molecule has 1 amide bonds. The monoisotopic (exact) mass is 389 g/mol. The van der Waals surface area contributed by atoms with Gasteiger partial charge in [-0.15, -0.1) is 0 Å². The fourth-order valence-electron chi connectivity index (χ4n) is 4.74. The molecule has 1 aromatic heterocycles. The number of carbonyl (C=O) groups excluding carboxylic acids is 1. The summed E-state index contributed by atoms with van der Waals surface area (Å²) in [5, 5.41) is 4.36. The predicted molar refractivity (Wildman–Crippen MR) is 116 cm³/mol. The number of likely N-dealkylation sites (tertiary alicyclic amines) is 1. The largest absolute Gasteiger partial charge is 0.381 e. The molecule has 0 bridgehead atoms. The molecule has 5 rings (SSSR count). The van der Waals surface area contributed by atoms with E-state index in [0.29, 0.717) is 6.04 Å². The zero-order chi connectivity index (χ0) is 19.6. The van der Waals surface area contributed by atoms with E-state index >= 15 is 0 Å². The summed E-state index contributed by atoms with van der Waals surface area (Å²) in [6.45, 7) is 2.63. The number of H-pyrrole nitrogens is 1. The molecule has 150 valence electrons. The second kappa shape index (κ2) is 8.01. The Kier molecular flexibility index (Phi) is 5.08. The third kappa shape index (κ3) is 3.80. The second-order valence-corrected chi connectivity index (χ2v) is 8.08. The van der Waals surface area contributed by atoms with Crippen molar-refractivity contribution in [3.63, 3.8) is 0 Å². The first-order chi connectivity index (χ1) is 14.3. The molecule has 2 aliphatic rings. The van der Waals surface area contributed by atoms with Crippen molar-refractivity contribution >= 4 is 22.5 Å². The van der Waals surface area contributed by atoms with Crippen molar-refractivity contribution in [3.8, 4) is 11.3 Å². The number of hydrogen-bond donors (Lipinski definition) is 2. The molecule has 0 unspecified atom stereocenters. The molecule has 29 heavy (non-hydrogen) atoms. The summed E-state index contributed by atoms with van der Waals surface area (Å²) in [7, 11) is 0. The number of aromatic amines is 1. The number of amides is 1. The van der Waals surface area contributed by atoms with Crippen molar-refractivity contribution in [2.24, 2.45) is 0 Å². The van der Waals surface area contributed by atoms with Crippen molar-refractivity contribution in [2.75, 3.05) is 25.1 Å². The second-order valence-electron chi connectivity index (χ2n) is 8.08. The number of carbonyl (C=O) groups is 1. The minimum atomic E-state index is -0.0326. The highest BCUT2D eigenvalue weighted by molar-refractivity contribution is 5.96. The molecule has 2 saturated heterocycles. The molecule has 1 atom stereocenters. The number of ether oxygens (including phenoxy) is 1. The van der Waals surface area contributed by atoms with E-state index in [1.807, 2.05) is 24.3 Å². The van der Waals surface area contributed by atoms with Gasteiger partial charge in [-0.2, -0.15) is 0 Å². The zero-order valence-corrected chi connectivity index (χ0v) is 16.6. The van der Waals surface area contributed by atoms with Crippen molar-refractivity contribution < 1.29 is 9.53 Å². The minimum Gasteiger partial charge on any atom is -0.381 e. The number of aromatic nitrogens is 1. The van der Waals surface area contributed by atoms with Crippen LogP contribution in [0.5, 0.6) is 0 Å². The number of nitrogens with zero attached hydrogens (tertiary/aromatic N) is 1. The van der Waals surface area contributed by atoms with Crippen LogP contribution in [0.15, 0.2) is 54.6 Å². The Labute approximate surface area is 171 Å². The van der Waals surface area contributed by atoms with Crippen molar-refractivity contribution in [3.05, 3.63) is 54.6 Å². The first-order valence-corrected chi connectivity index (χ1v) is 10.6. The first-order valence-electron chi connectivity index (χ1n) is 10.6. The van der Waals surface area contributed by atoms with E-state index in [9.17, 15) is 4.79 Å². The smallest absolute Gasteiger partial charge is 0.241 e. The maximum atomic E-state index is 13.1. The lowest BCUT2D eigenvalue weighted by atomic mass is 10.1. The van der Waals surface area contributed by atoms with Crippen LogP contribution < -0.4 is 5.32 Å². The van der Waals surface area contributed by atoms with Gasteiger partial charge in [-0.25, -0.2) is 0 Å². The quantitative estimate of drug-likeness (QED) is 0.695. The van der Waals surface area contributed by atoms with E-state index in [1.54, 1.807) is 0 Å². The van der Waals surface area contributed by atoms with E-state index in [2.05, 4.69) is 45.5 Å². The van der Waals surface area contributed by atoms with Crippen LogP contribution in [0.1, 0.15) is 25.7 Å². The van der Waals surface area contributed by atoms with Crippen LogP contribution in [-0.4, -0.2) is 47.6 Å². The molecule has 0 aliphatic carbocycles. The maximum absolute atomic E-state index is 13.1. The van der Waals surface area contributed by atoms with Crippen molar-refractivity contribution in [1.82, 2.24) is 9.88 Å². The van der Waals surface area contributed by atoms with Crippen molar-refractivity contribution in [2.45, 2.75) is 37.8 Å². The van der Waals surface area contributed by atoms with Gasteiger partial charge in [-0.05, 0) is 56.5 Å². The Bertz CT molecular complexity index is 973. The fraction of sp³-hybridized carbons (Fsp3) is 0.375. The summed E-state index contributed by atoms with van der Waals surface area (Å²) >= 11 is 0. The number of benzene rings is 2. The average molecular weight is 389 g/mol. The molecule has 0 saturated carbocycles. The normalized spacial score (nSPS) is 20.9. The highest BCUT2D eigenvalue weighted by Gasteiger charge is 2.35. The van der Waals surface area contributed by atoms with E-state index < -0.39 is 0 Å². The maximum Gasteiger partial charge on any atom is 0.241 e. The fourth-order valence-corrected chi connectivity index (χ4v) is 4.74. The van der Waals surface area contributed by atoms with Gasteiger partial charge >= 0.3 is 0 Å². The molecule has 5 heteroatoms. The van der Waals surface area contributed by atoms with Gasteiger partial charge in [0.15, 0.2) is 0 Å². The van der Waals surface area contributed by atoms with Crippen LogP contribution in [0.3, 0.4) is 0 Å². The Morgan fingerprint density at radius 1 is 1.03 bits per heavy atom. The molecule has 3 aromatic rings. The number of rotatable bonds is 4. The van der Waals surface area contributed by atoms with E-state index in [0.717, 1.165) is 67.9 Å². The molecule has 5 nitrogen and oxygen atoms in total. The zero-order valence-electron chi connectivity index (χ0n) is 16.6. The average Bonchev–Trinajstić information content (AvgIpc) is 3.42. The highest BCUT2D eigenvalue weighted by atomic mass is 16.5. The molecule has 2 aromatic carbocycles. The topological polar surface area (TPSA) is 57.4 Å². The highest BCUT2D eigenvalue weighted by Crippen LogP contribution is 2.28. The van der Waals surface area contributed by atoms with E-state index in [-0.39, 0.29) is 11.9 Å². The van der Waals surface area contributed by atoms with Crippen LogP contribution in [0.2, 0.25) is 0 Å². The van der Waals surface area contributed by atoms with Gasteiger partial charge in [0.25, 0.3) is 0 Å². The SMILES string of the molecule is O=C(Nc1cccc(-c2cc3ccccc3[nH]2)c1)[C@H]1CCCN1C1CCOCC1. The summed E-state index contributed by atoms with van der Waals surface area (Å²) < 4.78 is 5.50. The lowest BCUT2D eigenvalue weighted by Crippen LogP contribution is -2.47. The number of fused-ring (bicyclic) bond motifs is 1. The molecular formula is C24H27N3O2. The Hall–Kier alpha value is -2.63. The van der Waals surface area contributed by atoms with Crippen LogP contribution >= 0.6 is 0 Å². The lowest BCUT2D eigenvalue weighted by molar-refractivity contribution is -0.121. The van der Waals surface area contributed by atoms with Gasteiger partial charge in [-0.3, -0.25) is 9.69 Å². The van der Waals surface area contributed by atoms with Gasteiger partial charge in [0, 0.05) is 47.1 Å². The molecule has 0 spiro atoms. The number of hydrogen-bond acceptors (Lipinski definition) is 3. The van der Waals surface area contributed by atoms with E-state index in [4.69, 9.17) is 4.74 Å². The summed E-state index contributed by atoms with van der Waals surface area (Å²) in [6, 6.07) is 18.9. The number of anilines is 1. The molecule has 2 N–H and O–H groups in total. The van der Waals surface area contributed by atoms with Gasteiger partial charge < -0.3 is 15.0 Å². The molecule has 2 fully saturated rings. The van der Waals surface area contributed by atoms with E-state index in [1.165, 1.54) is 5.39 Å².